The third-order valence-corrected chi connectivity index (χ3v) is 2.34. The Morgan fingerprint density at radius 1 is 1.42 bits per heavy atom. The zero-order valence-corrected chi connectivity index (χ0v) is 9.37. The number of hydrogen-bond donors (Lipinski definition) is 2. The maximum atomic E-state index is 13.0. The van der Waals surface area contributed by atoms with Crippen LogP contribution in [0.25, 0.3) is 0 Å². The molecule has 1 amide bonds. The fourth-order valence-corrected chi connectivity index (χ4v) is 1.45. The van der Waals surface area contributed by atoms with Crippen molar-refractivity contribution in [2.75, 3.05) is 0 Å². The summed E-state index contributed by atoms with van der Waals surface area (Å²) in [4.78, 5) is 20.9. The van der Waals surface area contributed by atoms with Crippen LogP contribution in [0.5, 0.6) is 0 Å². The van der Waals surface area contributed by atoms with Gasteiger partial charge in [0.1, 0.15) is 11.9 Å². The molecule has 0 fully saturated rings. The summed E-state index contributed by atoms with van der Waals surface area (Å²) >= 11 is 0. The maximum absolute atomic E-state index is 13.0. The molecule has 0 aliphatic carbocycles. The molecule has 0 saturated carbocycles. The molecule has 0 aliphatic heterocycles. The molecule has 0 aliphatic rings. The Hall–Kier alpha value is -2.12. The van der Waals surface area contributed by atoms with Crippen LogP contribution in [0, 0.1) is 5.82 Å². The molecule has 0 saturated heterocycles. The van der Waals surface area contributed by atoms with Gasteiger partial charge >= 0.3 is 12.1 Å². The molecule has 1 rings (SSSR count). The van der Waals surface area contributed by atoms with Gasteiger partial charge < -0.3 is 10.4 Å². The number of alkyl halides is 3. The van der Waals surface area contributed by atoms with Crippen molar-refractivity contribution < 1.29 is 32.3 Å². The highest BCUT2D eigenvalue weighted by atomic mass is 19.4. The fraction of sp³-hybridized carbons (Fsp3) is 0.273. The van der Waals surface area contributed by atoms with Crippen LogP contribution in [0.3, 0.4) is 0 Å². The van der Waals surface area contributed by atoms with Crippen LogP contribution in [0.4, 0.5) is 17.6 Å². The van der Waals surface area contributed by atoms with Gasteiger partial charge in [0.2, 0.25) is 6.41 Å². The van der Waals surface area contributed by atoms with E-state index in [1.165, 1.54) is 0 Å². The van der Waals surface area contributed by atoms with Crippen LogP contribution >= 0.6 is 0 Å². The van der Waals surface area contributed by atoms with E-state index in [-0.39, 0.29) is 18.4 Å². The summed E-state index contributed by atoms with van der Waals surface area (Å²) in [6.45, 7) is 0. The van der Waals surface area contributed by atoms with Crippen molar-refractivity contribution in [3.05, 3.63) is 35.1 Å². The summed E-state index contributed by atoms with van der Waals surface area (Å²) in [7, 11) is 0. The van der Waals surface area contributed by atoms with Crippen molar-refractivity contribution in [3.63, 3.8) is 0 Å². The minimum atomic E-state index is -4.86. The number of amides is 1. The first-order valence-electron chi connectivity index (χ1n) is 5.04. The van der Waals surface area contributed by atoms with E-state index < -0.39 is 29.6 Å². The van der Waals surface area contributed by atoms with E-state index in [0.717, 1.165) is 6.07 Å². The van der Waals surface area contributed by atoms with E-state index >= 15 is 0 Å². The third kappa shape index (κ3) is 3.94. The quantitative estimate of drug-likeness (QED) is 0.635. The molecule has 1 unspecified atom stereocenters. The van der Waals surface area contributed by atoms with Gasteiger partial charge in [0.05, 0.1) is 5.56 Å². The highest BCUT2D eigenvalue weighted by Gasteiger charge is 2.34. The SMILES string of the molecule is O=CNC(Cc1ccc(F)c(C(F)(F)F)c1)C(=O)O. The average Bonchev–Trinajstić information content (AvgIpc) is 2.29. The minimum Gasteiger partial charge on any atom is -0.480 e. The van der Waals surface area contributed by atoms with Crippen molar-refractivity contribution in [3.8, 4) is 0 Å². The van der Waals surface area contributed by atoms with Crippen molar-refractivity contribution in [2.45, 2.75) is 18.6 Å². The van der Waals surface area contributed by atoms with Crippen LogP contribution in [-0.2, 0) is 22.2 Å². The molecule has 0 spiro atoms. The Morgan fingerprint density at radius 2 is 2.05 bits per heavy atom. The van der Waals surface area contributed by atoms with Gasteiger partial charge in [-0.3, -0.25) is 4.79 Å². The second-order valence-electron chi connectivity index (χ2n) is 3.69. The van der Waals surface area contributed by atoms with Crippen molar-refractivity contribution in [1.82, 2.24) is 5.32 Å². The van der Waals surface area contributed by atoms with Crippen molar-refractivity contribution in [2.24, 2.45) is 0 Å². The first-order valence-corrected chi connectivity index (χ1v) is 5.04. The number of halogens is 4. The number of benzene rings is 1. The Kier molecular flexibility index (Phi) is 4.47. The Bertz CT molecular complexity index is 487. The van der Waals surface area contributed by atoms with Crippen LogP contribution in [0.1, 0.15) is 11.1 Å². The van der Waals surface area contributed by atoms with E-state index in [4.69, 9.17) is 5.11 Å². The average molecular weight is 279 g/mol. The monoisotopic (exact) mass is 279 g/mol. The second-order valence-corrected chi connectivity index (χ2v) is 3.69. The lowest BCUT2D eigenvalue weighted by atomic mass is 10.0. The summed E-state index contributed by atoms with van der Waals surface area (Å²) in [6.07, 6.45) is -5.11. The predicted octanol–water partition coefficient (Wildman–Crippen LogP) is 1.59. The van der Waals surface area contributed by atoms with Crippen LogP contribution < -0.4 is 5.32 Å². The molecule has 0 bridgehead atoms. The van der Waals surface area contributed by atoms with Gasteiger partial charge in [-0.2, -0.15) is 13.2 Å². The van der Waals surface area contributed by atoms with Crippen LogP contribution in [0.2, 0.25) is 0 Å². The Labute approximate surface area is 105 Å². The largest absolute Gasteiger partial charge is 0.480 e. The molecule has 1 atom stereocenters. The first kappa shape index (κ1) is 14.9. The van der Waals surface area contributed by atoms with Gasteiger partial charge in [-0.05, 0) is 17.7 Å². The zero-order chi connectivity index (χ0) is 14.6. The summed E-state index contributed by atoms with van der Waals surface area (Å²) in [5, 5.41) is 10.7. The molecule has 1 aromatic rings. The van der Waals surface area contributed by atoms with Crippen molar-refractivity contribution in [1.29, 1.82) is 0 Å². The highest BCUT2D eigenvalue weighted by molar-refractivity contribution is 5.76. The Balaban J connectivity index is 3.02. The van der Waals surface area contributed by atoms with Gasteiger partial charge in [0.15, 0.2) is 0 Å². The minimum absolute atomic E-state index is 0.0459. The molecule has 104 valence electrons. The predicted molar refractivity (Wildman–Crippen MR) is 55.7 cm³/mol. The lowest BCUT2D eigenvalue weighted by Gasteiger charge is -2.13. The third-order valence-electron chi connectivity index (χ3n) is 2.34. The number of carbonyl (C=O) groups is 2. The highest BCUT2D eigenvalue weighted by Crippen LogP contribution is 2.32. The van der Waals surface area contributed by atoms with E-state index in [1.807, 2.05) is 5.32 Å². The smallest absolute Gasteiger partial charge is 0.419 e. The van der Waals surface area contributed by atoms with Gasteiger partial charge in [-0.25, -0.2) is 9.18 Å². The maximum Gasteiger partial charge on any atom is 0.419 e. The summed E-state index contributed by atoms with van der Waals surface area (Å²) in [5.74, 6) is -2.84. The van der Waals surface area contributed by atoms with E-state index in [9.17, 15) is 27.2 Å². The number of aliphatic carboxylic acids is 1. The second kappa shape index (κ2) is 5.68. The van der Waals surface area contributed by atoms with E-state index in [0.29, 0.717) is 12.1 Å². The lowest BCUT2D eigenvalue weighted by molar-refractivity contribution is -0.140. The number of nitrogens with one attached hydrogen (secondary N) is 1. The van der Waals surface area contributed by atoms with Gasteiger partial charge in [0.25, 0.3) is 0 Å². The number of carbonyl (C=O) groups excluding carboxylic acids is 1. The van der Waals surface area contributed by atoms with E-state index in [2.05, 4.69) is 0 Å². The molecule has 19 heavy (non-hydrogen) atoms. The summed E-state index contributed by atoms with van der Waals surface area (Å²) in [5.41, 5.74) is -1.52. The molecule has 1 aromatic carbocycles. The molecule has 0 aromatic heterocycles. The van der Waals surface area contributed by atoms with Gasteiger partial charge in [-0.1, -0.05) is 6.07 Å². The number of carboxylic acids is 1. The molecular formula is C11H9F4NO3. The lowest BCUT2D eigenvalue weighted by Crippen LogP contribution is -2.37. The van der Waals surface area contributed by atoms with E-state index in [1.54, 1.807) is 0 Å². The topological polar surface area (TPSA) is 66.4 Å². The number of hydrogen-bond acceptors (Lipinski definition) is 2. The zero-order valence-electron chi connectivity index (χ0n) is 9.37. The number of carboxylic acid groups (broad SMARTS) is 1. The summed E-state index contributed by atoms with van der Waals surface area (Å²) < 4.78 is 50.3. The first-order chi connectivity index (χ1) is 8.75. The Morgan fingerprint density at radius 3 is 2.53 bits per heavy atom. The van der Waals surface area contributed by atoms with Crippen molar-refractivity contribution >= 4 is 12.4 Å². The molecule has 0 heterocycles. The van der Waals surface area contributed by atoms with Crippen LogP contribution in [-0.4, -0.2) is 23.5 Å². The summed E-state index contributed by atoms with van der Waals surface area (Å²) in [6, 6.07) is 0.798. The molecule has 8 heteroatoms. The van der Waals surface area contributed by atoms with Gasteiger partial charge in [-0.15, -0.1) is 0 Å². The molecular weight excluding hydrogens is 270 g/mol. The standard InChI is InChI=1S/C11H9F4NO3/c12-8-2-1-6(3-7(8)11(13,14)15)4-9(10(18)19)16-5-17/h1-3,5,9H,4H2,(H,16,17)(H,18,19). The van der Waals surface area contributed by atoms with Gasteiger partial charge in [0, 0.05) is 6.42 Å². The fourth-order valence-electron chi connectivity index (χ4n) is 1.45. The number of rotatable bonds is 5. The van der Waals surface area contributed by atoms with Crippen LogP contribution in [0.15, 0.2) is 18.2 Å². The molecule has 0 radical (unpaired) electrons. The molecule has 2 N–H and O–H groups in total. The normalized spacial score (nSPS) is 12.8. The molecule has 4 nitrogen and oxygen atoms in total.